The number of imidazole rings is 1. The van der Waals surface area contributed by atoms with Crippen LogP contribution in [-0.2, 0) is 19.8 Å². The number of ether oxygens (including phenoxy) is 1. The summed E-state index contributed by atoms with van der Waals surface area (Å²) in [4.78, 5) is 4.22. The third-order valence-electron chi connectivity index (χ3n) is 2.71. The first-order valence-corrected chi connectivity index (χ1v) is 6.15. The van der Waals surface area contributed by atoms with Gasteiger partial charge in [0.05, 0.1) is 11.6 Å². The van der Waals surface area contributed by atoms with Crippen molar-refractivity contribution < 1.29 is 9.84 Å². The van der Waals surface area contributed by atoms with Gasteiger partial charge < -0.3 is 14.4 Å². The van der Waals surface area contributed by atoms with Crippen LogP contribution >= 0.6 is 11.6 Å². The van der Waals surface area contributed by atoms with Gasteiger partial charge in [0, 0.05) is 24.5 Å². The molecule has 0 spiro atoms. The maximum absolute atomic E-state index is 9.24. The van der Waals surface area contributed by atoms with E-state index in [1.54, 1.807) is 24.4 Å². The predicted octanol–water partition coefficient (Wildman–Crippen LogP) is 2.63. The van der Waals surface area contributed by atoms with Crippen molar-refractivity contribution in [2.75, 3.05) is 0 Å². The molecule has 1 N–H and O–H groups in total. The Bertz CT molecular complexity index is 525. The van der Waals surface area contributed by atoms with Crippen molar-refractivity contribution in [3.63, 3.8) is 0 Å². The number of nitrogens with zero attached hydrogens (tertiary/aromatic N) is 2. The third-order valence-corrected chi connectivity index (χ3v) is 3.00. The van der Waals surface area contributed by atoms with E-state index in [0.29, 0.717) is 22.9 Å². The standard InChI is InChI=1S/C13H15ClN2O2/c1-2-16-7-6-15-12(16)9-18-13-10(8-17)4-3-5-11(13)14/h3-7,17H,2,8-9H2,1H3. The van der Waals surface area contributed by atoms with Gasteiger partial charge in [-0.05, 0) is 13.0 Å². The van der Waals surface area contributed by atoms with E-state index in [0.717, 1.165) is 12.4 Å². The van der Waals surface area contributed by atoms with Crippen LogP contribution in [0.3, 0.4) is 0 Å². The maximum Gasteiger partial charge on any atom is 0.146 e. The van der Waals surface area contributed by atoms with E-state index in [1.165, 1.54) is 0 Å². The Kier molecular flexibility index (Phi) is 4.23. The first-order chi connectivity index (χ1) is 8.76. The van der Waals surface area contributed by atoms with Crippen molar-refractivity contribution >= 4 is 11.6 Å². The van der Waals surface area contributed by atoms with Crippen molar-refractivity contribution in [2.24, 2.45) is 0 Å². The van der Waals surface area contributed by atoms with E-state index in [4.69, 9.17) is 16.3 Å². The predicted molar refractivity (Wildman–Crippen MR) is 69.6 cm³/mol. The van der Waals surface area contributed by atoms with Gasteiger partial charge in [-0.15, -0.1) is 0 Å². The SMILES string of the molecule is CCn1ccnc1COc1c(Cl)cccc1CO. The number of hydrogen-bond acceptors (Lipinski definition) is 3. The molecule has 1 heterocycles. The molecule has 96 valence electrons. The summed E-state index contributed by atoms with van der Waals surface area (Å²) >= 11 is 6.06. The molecular formula is C13H15ClN2O2. The Hall–Kier alpha value is -1.52. The maximum atomic E-state index is 9.24. The van der Waals surface area contributed by atoms with E-state index in [9.17, 15) is 5.11 Å². The molecule has 5 heteroatoms. The van der Waals surface area contributed by atoms with Crippen LogP contribution in [0, 0.1) is 0 Å². The lowest BCUT2D eigenvalue weighted by Crippen LogP contribution is -2.06. The number of aliphatic hydroxyl groups excluding tert-OH is 1. The van der Waals surface area contributed by atoms with E-state index >= 15 is 0 Å². The molecule has 0 bridgehead atoms. The number of aromatic nitrogens is 2. The molecular weight excluding hydrogens is 252 g/mol. The van der Waals surface area contributed by atoms with Gasteiger partial charge >= 0.3 is 0 Å². The van der Waals surface area contributed by atoms with E-state index < -0.39 is 0 Å². The Morgan fingerprint density at radius 2 is 2.28 bits per heavy atom. The zero-order chi connectivity index (χ0) is 13.0. The van der Waals surface area contributed by atoms with Gasteiger partial charge in [0.25, 0.3) is 0 Å². The van der Waals surface area contributed by atoms with E-state index in [1.807, 2.05) is 17.7 Å². The summed E-state index contributed by atoms with van der Waals surface area (Å²) in [6.45, 7) is 3.11. The summed E-state index contributed by atoms with van der Waals surface area (Å²) in [6, 6.07) is 5.31. The van der Waals surface area contributed by atoms with Gasteiger partial charge in [-0.1, -0.05) is 23.7 Å². The average Bonchev–Trinajstić information content (AvgIpc) is 2.84. The summed E-state index contributed by atoms with van der Waals surface area (Å²) in [7, 11) is 0. The second-order valence-corrected chi connectivity index (χ2v) is 4.21. The molecule has 0 aliphatic rings. The highest BCUT2D eigenvalue weighted by Gasteiger charge is 2.09. The molecule has 18 heavy (non-hydrogen) atoms. The van der Waals surface area contributed by atoms with Crippen LogP contribution in [0.1, 0.15) is 18.3 Å². The van der Waals surface area contributed by atoms with Crippen molar-refractivity contribution in [2.45, 2.75) is 26.7 Å². The molecule has 0 saturated heterocycles. The first kappa shape index (κ1) is 12.9. The molecule has 4 nitrogen and oxygen atoms in total. The highest BCUT2D eigenvalue weighted by molar-refractivity contribution is 6.32. The topological polar surface area (TPSA) is 47.3 Å². The fourth-order valence-electron chi connectivity index (χ4n) is 1.74. The number of rotatable bonds is 5. The zero-order valence-electron chi connectivity index (χ0n) is 10.1. The summed E-state index contributed by atoms with van der Waals surface area (Å²) in [5.41, 5.74) is 0.678. The van der Waals surface area contributed by atoms with Crippen LogP contribution < -0.4 is 4.74 Å². The van der Waals surface area contributed by atoms with Crippen LogP contribution in [0.5, 0.6) is 5.75 Å². The molecule has 0 fully saturated rings. The lowest BCUT2D eigenvalue weighted by Gasteiger charge is -2.12. The molecule has 2 rings (SSSR count). The average molecular weight is 267 g/mol. The molecule has 0 unspecified atom stereocenters. The molecule has 1 aromatic heterocycles. The van der Waals surface area contributed by atoms with Crippen molar-refractivity contribution in [1.29, 1.82) is 0 Å². The van der Waals surface area contributed by atoms with Crippen LogP contribution in [0.2, 0.25) is 5.02 Å². The second kappa shape index (κ2) is 5.89. The molecule has 0 amide bonds. The van der Waals surface area contributed by atoms with Gasteiger partial charge in [-0.25, -0.2) is 4.98 Å². The number of para-hydroxylation sites is 1. The Balaban J connectivity index is 2.15. The Labute approximate surface area is 111 Å². The molecule has 0 aliphatic carbocycles. The van der Waals surface area contributed by atoms with Gasteiger partial charge in [-0.3, -0.25) is 0 Å². The number of benzene rings is 1. The van der Waals surface area contributed by atoms with Gasteiger partial charge in [0.2, 0.25) is 0 Å². The van der Waals surface area contributed by atoms with Gasteiger partial charge in [0.15, 0.2) is 0 Å². The quantitative estimate of drug-likeness (QED) is 0.905. The largest absolute Gasteiger partial charge is 0.484 e. The molecule has 1 aromatic carbocycles. The van der Waals surface area contributed by atoms with E-state index in [2.05, 4.69) is 4.98 Å². The number of aryl methyl sites for hydroxylation is 1. The van der Waals surface area contributed by atoms with Gasteiger partial charge in [-0.2, -0.15) is 0 Å². The molecule has 0 radical (unpaired) electrons. The van der Waals surface area contributed by atoms with Gasteiger partial charge in [0.1, 0.15) is 18.2 Å². The lowest BCUT2D eigenvalue weighted by atomic mass is 10.2. The zero-order valence-corrected chi connectivity index (χ0v) is 10.9. The minimum atomic E-state index is -0.0991. The lowest BCUT2D eigenvalue weighted by molar-refractivity contribution is 0.254. The Morgan fingerprint density at radius 3 is 3.00 bits per heavy atom. The van der Waals surface area contributed by atoms with Crippen LogP contribution in [0.4, 0.5) is 0 Å². The number of hydrogen-bond donors (Lipinski definition) is 1. The summed E-state index contributed by atoms with van der Waals surface area (Å²) < 4.78 is 7.67. The van der Waals surface area contributed by atoms with Crippen LogP contribution in [0.15, 0.2) is 30.6 Å². The van der Waals surface area contributed by atoms with E-state index in [-0.39, 0.29) is 6.61 Å². The molecule has 2 aromatic rings. The highest BCUT2D eigenvalue weighted by Crippen LogP contribution is 2.29. The summed E-state index contributed by atoms with van der Waals surface area (Å²) in [5, 5.41) is 9.74. The number of halogens is 1. The summed E-state index contributed by atoms with van der Waals surface area (Å²) in [6.07, 6.45) is 3.64. The van der Waals surface area contributed by atoms with Crippen molar-refractivity contribution in [3.05, 3.63) is 47.0 Å². The van der Waals surface area contributed by atoms with Crippen molar-refractivity contribution in [1.82, 2.24) is 9.55 Å². The minimum Gasteiger partial charge on any atom is -0.484 e. The smallest absolute Gasteiger partial charge is 0.146 e. The monoisotopic (exact) mass is 266 g/mol. The van der Waals surface area contributed by atoms with Crippen molar-refractivity contribution in [3.8, 4) is 5.75 Å². The number of aliphatic hydroxyl groups is 1. The first-order valence-electron chi connectivity index (χ1n) is 5.77. The second-order valence-electron chi connectivity index (χ2n) is 3.80. The Morgan fingerprint density at radius 1 is 1.44 bits per heavy atom. The van der Waals surface area contributed by atoms with Crippen LogP contribution in [-0.4, -0.2) is 14.7 Å². The fraction of sp³-hybridized carbons (Fsp3) is 0.308. The van der Waals surface area contributed by atoms with Crippen LogP contribution in [0.25, 0.3) is 0 Å². The normalized spacial score (nSPS) is 10.6. The third kappa shape index (κ3) is 2.66. The molecule has 0 saturated carbocycles. The summed E-state index contributed by atoms with van der Waals surface area (Å²) in [5.74, 6) is 1.36. The molecule has 0 aliphatic heterocycles. The minimum absolute atomic E-state index is 0.0991. The fourth-order valence-corrected chi connectivity index (χ4v) is 1.99. The molecule has 0 atom stereocenters. The highest BCUT2D eigenvalue weighted by atomic mass is 35.5.